The molecule has 0 spiro atoms. The van der Waals surface area contributed by atoms with E-state index in [4.69, 9.17) is 16.7 Å². The summed E-state index contributed by atoms with van der Waals surface area (Å²) in [7, 11) is -3.77. The molecule has 0 aromatic heterocycles. The fraction of sp³-hybridized carbons (Fsp3) is 0.308. The quantitative estimate of drug-likeness (QED) is 0.818. The van der Waals surface area contributed by atoms with Gasteiger partial charge in [0, 0.05) is 13.1 Å². The van der Waals surface area contributed by atoms with Gasteiger partial charge in [-0.3, -0.25) is 0 Å². The maximum atomic E-state index is 12.4. The topological polar surface area (TPSA) is 74.7 Å². The van der Waals surface area contributed by atoms with Crippen molar-refractivity contribution in [1.82, 2.24) is 4.31 Å². The molecule has 0 aliphatic rings. The van der Waals surface area contributed by atoms with Crippen LogP contribution in [0.5, 0.6) is 0 Å². The van der Waals surface area contributed by atoms with Crippen molar-refractivity contribution in [3.63, 3.8) is 0 Å². The van der Waals surface area contributed by atoms with Crippen LogP contribution in [0.15, 0.2) is 35.2 Å². The lowest BCUT2D eigenvalue weighted by Gasteiger charge is -2.20. The Morgan fingerprint density at radius 2 is 2.05 bits per heavy atom. The van der Waals surface area contributed by atoms with Crippen LogP contribution in [-0.4, -0.2) is 36.9 Å². The van der Waals surface area contributed by atoms with E-state index in [1.165, 1.54) is 16.4 Å². The van der Waals surface area contributed by atoms with Crippen molar-refractivity contribution in [2.75, 3.05) is 13.1 Å². The minimum atomic E-state index is -3.77. The molecular formula is C13H16ClNO4S. The van der Waals surface area contributed by atoms with E-state index < -0.39 is 16.0 Å². The zero-order valence-corrected chi connectivity index (χ0v) is 12.8. The van der Waals surface area contributed by atoms with E-state index in [1.54, 1.807) is 13.8 Å². The first-order valence-corrected chi connectivity index (χ1v) is 7.69. The van der Waals surface area contributed by atoms with E-state index in [9.17, 15) is 13.2 Å². The number of carboxylic acids is 1. The molecule has 0 atom stereocenters. The van der Waals surface area contributed by atoms with Crippen molar-refractivity contribution in [2.24, 2.45) is 0 Å². The average molecular weight is 318 g/mol. The van der Waals surface area contributed by atoms with E-state index in [-0.39, 0.29) is 28.6 Å². The van der Waals surface area contributed by atoms with Crippen LogP contribution in [0.1, 0.15) is 24.2 Å². The molecule has 0 unspecified atom stereocenters. The normalized spacial score (nSPS) is 11.6. The van der Waals surface area contributed by atoms with Crippen LogP contribution in [0.25, 0.3) is 0 Å². The number of nitrogens with zero attached hydrogens (tertiary/aromatic N) is 1. The lowest BCUT2D eigenvalue weighted by molar-refractivity contribution is 0.0697. The molecule has 1 N–H and O–H groups in total. The van der Waals surface area contributed by atoms with Gasteiger partial charge in [-0.2, -0.15) is 4.31 Å². The van der Waals surface area contributed by atoms with Crippen LogP contribution >= 0.6 is 11.6 Å². The largest absolute Gasteiger partial charge is 0.478 e. The maximum Gasteiger partial charge on any atom is 0.337 e. The van der Waals surface area contributed by atoms with E-state index in [0.29, 0.717) is 5.57 Å². The summed E-state index contributed by atoms with van der Waals surface area (Å²) in [5, 5.41) is 8.99. The van der Waals surface area contributed by atoms with Gasteiger partial charge in [0.15, 0.2) is 0 Å². The third-order valence-electron chi connectivity index (χ3n) is 2.60. The molecule has 110 valence electrons. The van der Waals surface area contributed by atoms with Crippen molar-refractivity contribution >= 4 is 27.6 Å². The van der Waals surface area contributed by atoms with Gasteiger partial charge in [0.25, 0.3) is 0 Å². The van der Waals surface area contributed by atoms with Crippen LogP contribution < -0.4 is 0 Å². The molecule has 0 saturated carbocycles. The lowest BCUT2D eigenvalue weighted by atomic mass is 10.2. The molecule has 7 heteroatoms. The summed E-state index contributed by atoms with van der Waals surface area (Å²) in [5.41, 5.74) is 0.460. The van der Waals surface area contributed by atoms with Gasteiger partial charge in [0.2, 0.25) is 10.0 Å². The van der Waals surface area contributed by atoms with Gasteiger partial charge in [-0.05, 0) is 25.1 Å². The standard InChI is InChI=1S/C13H16ClNO4S/c1-4-15(8-9(2)3)20(18,19)10-5-6-12(14)11(7-10)13(16)17/h5-7H,2,4,8H2,1,3H3,(H,16,17). The zero-order chi connectivity index (χ0) is 15.5. The number of aromatic carboxylic acids is 1. The van der Waals surface area contributed by atoms with Gasteiger partial charge in [-0.25, -0.2) is 13.2 Å². The maximum absolute atomic E-state index is 12.4. The van der Waals surface area contributed by atoms with Gasteiger partial charge in [-0.15, -0.1) is 0 Å². The Bertz CT molecular complexity index is 640. The molecule has 0 bridgehead atoms. The number of carboxylic acid groups (broad SMARTS) is 1. The molecule has 0 heterocycles. The number of rotatable bonds is 6. The molecule has 1 aromatic carbocycles. The first kappa shape index (κ1) is 16.7. The summed E-state index contributed by atoms with van der Waals surface area (Å²) in [4.78, 5) is 10.9. The average Bonchev–Trinajstić information content (AvgIpc) is 2.35. The number of benzene rings is 1. The number of sulfonamides is 1. The Morgan fingerprint density at radius 1 is 1.45 bits per heavy atom. The first-order valence-electron chi connectivity index (χ1n) is 5.87. The van der Waals surface area contributed by atoms with Gasteiger partial charge < -0.3 is 5.11 Å². The van der Waals surface area contributed by atoms with Gasteiger partial charge >= 0.3 is 5.97 Å². The van der Waals surface area contributed by atoms with Crippen LogP contribution in [0.4, 0.5) is 0 Å². The van der Waals surface area contributed by atoms with Gasteiger partial charge in [-0.1, -0.05) is 30.7 Å². The Morgan fingerprint density at radius 3 is 2.50 bits per heavy atom. The summed E-state index contributed by atoms with van der Waals surface area (Å²) in [5.74, 6) is -1.27. The van der Waals surface area contributed by atoms with Gasteiger partial charge in [0.1, 0.15) is 0 Å². The Hall–Kier alpha value is -1.37. The van der Waals surface area contributed by atoms with E-state index in [2.05, 4.69) is 6.58 Å². The summed E-state index contributed by atoms with van der Waals surface area (Å²) in [6, 6.07) is 3.64. The molecule has 1 rings (SSSR count). The van der Waals surface area contributed by atoms with E-state index in [1.807, 2.05) is 0 Å². The number of likely N-dealkylation sites (N-methyl/N-ethyl adjacent to an activating group) is 1. The highest BCUT2D eigenvalue weighted by molar-refractivity contribution is 7.89. The first-order chi connectivity index (χ1) is 9.20. The molecule has 0 aliphatic heterocycles. The summed E-state index contributed by atoms with van der Waals surface area (Å²) in [6.45, 7) is 7.56. The van der Waals surface area contributed by atoms with Crippen LogP contribution in [0.2, 0.25) is 5.02 Å². The number of hydrogen-bond acceptors (Lipinski definition) is 3. The summed E-state index contributed by atoms with van der Waals surface area (Å²) >= 11 is 5.74. The molecular weight excluding hydrogens is 302 g/mol. The SMILES string of the molecule is C=C(C)CN(CC)S(=O)(=O)c1ccc(Cl)c(C(=O)O)c1. The van der Waals surface area contributed by atoms with Gasteiger partial charge in [0.05, 0.1) is 15.5 Å². The number of carbonyl (C=O) groups is 1. The molecule has 0 fully saturated rings. The second-order valence-corrected chi connectivity index (χ2v) is 6.68. The van der Waals surface area contributed by atoms with Crippen LogP contribution in [-0.2, 0) is 10.0 Å². The van der Waals surface area contributed by atoms with E-state index >= 15 is 0 Å². The van der Waals surface area contributed by atoms with Crippen molar-refractivity contribution in [3.8, 4) is 0 Å². The predicted octanol–water partition coefficient (Wildman–Crippen LogP) is 2.62. The molecule has 0 radical (unpaired) electrons. The third-order valence-corrected chi connectivity index (χ3v) is 4.85. The van der Waals surface area contributed by atoms with Crippen molar-refractivity contribution in [1.29, 1.82) is 0 Å². The van der Waals surface area contributed by atoms with Crippen molar-refractivity contribution in [3.05, 3.63) is 40.9 Å². The molecule has 5 nitrogen and oxygen atoms in total. The summed E-state index contributed by atoms with van der Waals surface area (Å²) < 4.78 is 26.1. The molecule has 20 heavy (non-hydrogen) atoms. The molecule has 0 aliphatic carbocycles. The lowest BCUT2D eigenvalue weighted by Crippen LogP contribution is -2.32. The number of halogens is 1. The summed E-state index contributed by atoms with van der Waals surface area (Å²) in [6.07, 6.45) is 0. The predicted molar refractivity (Wildman–Crippen MR) is 77.7 cm³/mol. The highest BCUT2D eigenvalue weighted by atomic mass is 35.5. The Labute approximate surface area is 123 Å². The minimum absolute atomic E-state index is 0.000556. The van der Waals surface area contributed by atoms with Crippen molar-refractivity contribution < 1.29 is 18.3 Å². The molecule has 0 amide bonds. The van der Waals surface area contributed by atoms with Crippen LogP contribution in [0, 0.1) is 0 Å². The Kier molecular flexibility index (Phi) is 5.33. The number of hydrogen-bond donors (Lipinski definition) is 1. The Balaban J connectivity index is 3.31. The van der Waals surface area contributed by atoms with E-state index in [0.717, 1.165) is 6.07 Å². The second kappa shape index (κ2) is 6.39. The molecule has 1 aromatic rings. The highest BCUT2D eigenvalue weighted by Crippen LogP contribution is 2.23. The smallest absolute Gasteiger partial charge is 0.337 e. The zero-order valence-electron chi connectivity index (χ0n) is 11.3. The fourth-order valence-electron chi connectivity index (χ4n) is 1.65. The van der Waals surface area contributed by atoms with Crippen molar-refractivity contribution in [2.45, 2.75) is 18.7 Å². The highest BCUT2D eigenvalue weighted by Gasteiger charge is 2.24. The third kappa shape index (κ3) is 3.59. The fourth-order valence-corrected chi connectivity index (χ4v) is 3.38. The van der Waals surface area contributed by atoms with Crippen LogP contribution in [0.3, 0.4) is 0 Å². The second-order valence-electron chi connectivity index (χ2n) is 4.34. The monoisotopic (exact) mass is 317 g/mol. The minimum Gasteiger partial charge on any atom is -0.478 e. The molecule has 0 saturated heterocycles.